The summed E-state index contributed by atoms with van der Waals surface area (Å²) in [6.07, 6.45) is -4.49. The molecule has 0 bridgehead atoms. The summed E-state index contributed by atoms with van der Waals surface area (Å²) in [5.41, 5.74) is -0.899. The molecule has 0 fully saturated rings. The molecule has 2 aromatic rings. The maximum atomic E-state index is 13.5. The van der Waals surface area contributed by atoms with Crippen molar-refractivity contribution in [1.82, 2.24) is 0 Å². The van der Waals surface area contributed by atoms with Gasteiger partial charge in [0.05, 0.1) is 15.7 Å². The van der Waals surface area contributed by atoms with Gasteiger partial charge in [0.2, 0.25) is 0 Å². The normalized spacial score (nSPS) is 11.5. The van der Waals surface area contributed by atoms with E-state index in [0.29, 0.717) is 6.07 Å². The second kappa shape index (κ2) is 6.01. The van der Waals surface area contributed by atoms with Crippen molar-refractivity contribution in [3.8, 4) is 0 Å². The van der Waals surface area contributed by atoms with Crippen molar-refractivity contribution >= 4 is 21.6 Å². The molecule has 0 heterocycles. The van der Waals surface area contributed by atoms with E-state index in [1.165, 1.54) is 18.2 Å². The fourth-order valence-corrected chi connectivity index (χ4v) is 2.14. The lowest BCUT2D eigenvalue weighted by Crippen LogP contribution is -2.12. The Bertz CT molecular complexity index is 654. The molecule has 0 saturated heterocycles. The Kier molecular flexibility index (Phi) is 4.51. The molecule has 0 unspecified atom stereocenters. The predicted octanol–water partition coefficient (Wildman–Crippen LogP) is 5.36. The second-order valence-corrected chi connectivity index (χ2v) is 5.11. The highest BCUT2D eigenvalue weighted by Gasteiger charge is 2.32. The van der Waals surface area contributed by atoms with Crippen molar-refractivity contribution in [3.05, 3.63) is 63.6 Å². The van der Waals surface area contributed by atoms with Crippen LogP contribution in [0.4, 0.5) is 27.6 Å². The summed E-state index contributed by atoms with van der Waals surface area (Å²) in [4.78, 5) is 0. The van der Waals surface area contributed by atoms with Crippen LogP contribution in [0.25, 0.3) is 0 Å². The van der Waals surface area contributed by atoms with Gasteiger partial charge in [0, 0.05) is 12.6 Å². The standard InChI is InChI=1S/C14H9BrF5N/c15-10-5-13(12(17)6-11(10)16)21-7-8-3-1-2-4-9(8)14(18,19)20/h1-6,21H,7H2. The average Bonchev–Trinajstić information content (AvgIpc) is 2.41. The molecule has 0 radical (unpaired) electrons. The molecule has 21 heavy (non-hydrogen) atoms. The molecule has 1 nitrogen and oxygen atoms in total. The third-order valence-electron chi connectivity index (χ3n) is 2.80. The number of alkyl halides is 3. The van der Waals surface area contributed by atoms with E-state index in [-0.39, 0.29) is 22.3 Å². The Labute approximate surface area is 125 Å². The maximum Gasteiger partial charge on any atom is 0.416 e. The number of nitrogens with one attached hydrogen (secondary N) is 1. The van der Waals surface area contributed by atoms with E-state index in [2.05, 4.69) is 21.2 Å². The zero-order valence-corrected chi connectivity index (χ0v) is 12.0. The quantitative estimate of drug-likeness (QED) is 0.570. The van der Waals surface area contributed by atoms with Gasteiger partial charge in [0.1, 0.15) is 11.6 Å². The zero-order valence-electron chi connectivity index (χ0n) is 10.4. The summed E-state index contributed by atoms with van der Waals surface area (Å²) < 4.78 is 65.1. The van der Waals surface area contributed by atoms with Crippen molar-refractivity contribution in [2.75, 3.05) is 5.32 Å². The lowest BCUT2D eigenvalue weighted by Gasteiger charge is -2.14. The molecule has 7 heteroatoms. The Morgan fingerprint density at radius 3 is 2.33 bits per heavy atom. The van der Waals surface area contributed by atoms with Gasteiger partial charge in [-0.3, -0.25) is 0 Å². The van der Waals surface area contributed by atoms with Crippen LogP contribution in [0.2, 0.25) is 0 Å². The molecule has 0 saturated carbocycles. The lowest BCUT2D eigenvalue weighted by molar-refractivity contribution is -0.138. The van der Waals surface area contributed by atoms with Crippen LogP contribution >= 0.6 is 15.9 Å². The number of hydrogen-bond acceptors (Lipinski definition) is 1. The third-order valence-corrected chi connectivity index (χ3v) is 3.41. The van der Waals surface area contributed by atoms with Gasteiger partial charge < -0.3 is 5.32 Å². The van der Waals surface area contributed by atoms with Crippen LogP contribution in [0.1, 0.15) is 11.1 Å². The summed E-state index contributed by atoms with van der Waals surface area (Å²) in [6.45, 7) is -0.231. The molecule has 0 aliphatic rings. The fraction of sp³-hybridized carbons (Fsp3) is 0.143. The van der Waals surface area contributed by atoms with E-state index in [0.717, 1.165) is 12.1 Å². The average molecular weight is 366 g/mol. The maximum absolute atomic E-state index is 13.5. The van der Waals surface area contributed by atoms with E-state index in [4.69, 9.17) is 0 Å². The van der Waals surface area contributed by atoms with Crippen LogP contribution in [0.5, 0.6) is 0 Å². The van der Waals surface area contributed by atoms with Gasteiger partial charge >= 0.3 is 6.18 Å². The minimum absolute atomic E-state index is 0.0233. The Balaban J connectivity index is 2.23. The molecule has 2 rings (SSSR count). The minimum Gasteiger partial charge on any atom is -0.379 e. The summed E-state index contributed by atoms with van der Waals surface area (Å²) >= 11 is 2.89. The first kappa shape index (κ1) is 15.8. The van der Waals surface area contributed by atoms with Gasteiger partial charge in [0.25, 0.3) is 0 Å². The SMILES string of the molecule is Fc1cc(F)c(NCc2ccccc2C(F)(F)F)cc1Br. The molecule has 112 valence electrons. The van der Waals surface area contributed by atoms with Crippen LogP contribution in [0.15, 0.2) is 40.9 Å². The van der Waals surface area contributed by atoms with Crippen LogP contribution in [0.3, 0.4) is 0 Å². The molecular weight excluding hydrogens is 357 g/mol. The van der Waals surface area contributed by atoms with Crippen molar-refractivity contribution in [2.24, 2.45) is 0 Å². The number of anilines is 1. The monoisotopic (exact) mass is 365 g/mol. The van der Waals surface area contributed by atoms with Crippen LogP contribution in [-0.4, -0.2) is 0 Å². The summed E-state index contributed by atoms with van der Waals surface area (Å²) in [5, 5.41) is 2.54. The first-order valence-corrected chi connectivity index (χ1v) is 6.62. The molecule has 0 aliphatic heterocycles. The molecule has 0 aromatic heterocycles. The van der Waals surface area contributed by atoms with Crippen LogP contribution in [0, 0.1) is 11.6 Å². The first-order chi connectivity index (χ1) is 9.79. The fourth-order valence-electron chi connectivity index (χ4n) is 1.80. The minimum atomic E-state index is -4.49. The van der Waals surface area contributed by atoms with E-state index in [1.54, 1.807) is 0 Å². The highest BCUT2D eigenvalue weighted by Crippen LogP contribution is 2.32. The number of rotatable bonds is 3. The summed E-state index contributed by atoms with van der Waals surface area (Å²) in [5.74, 6) is -1.66. The number of benzene rings is 2. The Hall–Kier alpha value is -1.63. The van der Waals surface area contributed by atoms with Crippen molar-refractivity contribution in [2.45, 2.75) is 12.7 Å². The molecule has 2 aromatic carbocycles. The van der Waals surface area contributed by atoms with Gasteiger partial charge in [-0.25, -0.2) is 8.78 Å². The second-order valence-electron chi connectivity index (χ2n) is 4.25. The predicted molar refractivity (Wildman–Crippen MR) is 72.8 cm³/mol. The Morgan fingerprint density at radius 2 is 1.67 bits per heavy atom. The largest absolute Gasteiger partial charge is 0.416 e. The van der Waals surface area contributed by atoms with E-state index in [9.17, 15) is 22.0 Å². The van der Waals surface area contributed by atoms with Crippen LogP contribution < -0.4 is 5.32 Å². The van der Waals surface area contributed by atoms with Gasteiger partial charge in [-0.15, -0.1) is 0 Å². The molecule has 0 spiro atoms. The van der Waals surface area contributed by atoms with Crippen molar-refractivity contribution < 1.29 is 22.0 Å². The summed E-state index contributed by atoms with van der Waals surface area (Å²) in [6, 6.07) is 6.79. The van der Waals surface area contributed by atoms with Gasteiger partial charge in [-0.2, -0.15) is 13.2 Å². The number of hydrogen-bond donors (Lipinski definition) is 1. The van der Waals surface area contributed by atoms with E-state index in [1.807, 2.05) is 0 Å². The number of halogens is 6. The zero-order chi connectivity index (χ0) is 15.6. The van der Waals surface area contributed by atoms with Gasteiger partial charge in [-0.05, 0) is 33.6 Å². The topological polar surface area (TPSA) is 12.0 Å². The lowest BCUT2D eigenvalue weighted by atomic mass is 10.1. The van der Waals surface area contributed by atoms with E-state index >= 15 is 0 Å². The first-order valence-electron chi connectivity index (χ1n) is 5.82. The molecule has 0 amide bonds. The van der Waals surface area contributed by atoms with Crippen LogP contribution in [-0.2, 0) is 12.7 Å². The molecule has 0 aliphatic carbocycles. The molecule has 1 N–H and O–H groups in total. The smallest absolute Gasteiger partial charge is 0.379 e. The van der Waals surface area contributed by atoms with Crippen molar-refractivity contribution in [3.63, 3.8) is 0 Å². The van der Waals surface area contributed by atoms with E-state index < -0.39 is 23.4 Å². The van der Waals surface area contributed by atoms with Gasteiger partial charge in [-0.1, -0.05) is 18.2 Å². The molecule has 0 atom stereocenters. The highest BCUT2D eigenvalue weighted by molar-refractivity contribution is 9.10. The van der Waals surface area contributed by atoms with Crippen molar-refractivity contribution in [1.29, 1.82) is 0 Å². The third kappa shape index (κ3) is 3.72. The summed E-state index contributed by atoms with van der Waals surface area (Å²) in [7, 11) is 0. The highest BCUT2D eigenvalue weighted by atomic mass is 79.9. The Morgan fingerprint density at radius 1 is 1.00 bits per heavy atom. The molecular formula is C14H9BrF5N. The van der Waals surface area contributed by atoms with Gasteiger partial charge in [0.15, 0.2) is 0 Å².